The van der Waals surface area contributed by atoms with Crippen molar-refractivity contribution in [2.45, 2.75) is 25.6 Å². The molecular formula is C8H16FNO. The summed E-state index contributed by atoms with van der Waals surface area (Å²) in [7, 11) is 1.67. The van der Waals surface area contributed by atoms with Crippen LogP contribution >= 0.6 is 0 Å². The fraction of sp³-hybridized carbons (Fsp3) is 1.00. The monoisotopic (exact) mass is 161 g/mol. The molecule has 0 aromatic heterocycles. The van der Waals surface area contributed by atoms with Crippen LogP contribution in [-0.2, 0) is 4.74 Å². The molecule has 1 saturated heterocycles. The minimum atomic E-state index is -0.643. The van der Waals surface area contributed by atoms with Crippen molar-refractivity contribution in [1.29, 1.82) is 0 Å². The second-order valence-corrected chi connectivity index (χ2v) is 3.03. The Labute approximate surface area is 67.3 Å². The molecule has 0 spiro atoms. The van der Waals surface area contributed by atoms with Crippen LogP contribution in [0.1, 0.15) is 13.3 Å². The van der Waals surface area contributed by atoms with Crippen molar-refractivity contribution < 1.29 is 9.13 Å². The SMILES string of the molecule is CCN1C[C@@H](F)C[C@H]1COC. The van der Waals surface area contributed by atoms with E-state index in [9.17, 15) is 4.39 Å². The first-order chi connectivity index (χ1) is 5.27. The van der Waals surface area contributed by atoms with Gasteiger partial charge in [0, 0.05) is 19.7 Å². The van der Waals surface area contributed by atoms with Gasteiger partial charge in [0.05, 0.1) is 6.61 Å². The number of halogens is 1. The Bertz CT molecular complexity index is 121. The van der Waals surface area contributed by atoms with Crippen molar-refractivity contribution >= 4 is 0 Å². The molecule has 11 heavy (non-hydrogen) atoms. The third-order valence-corrected chi connectivity index (χ3v) is 2.24. The summed E-state index contributed by atoms with van der Waals surface area (Å²) in [5, 5.41) is 0. The highest BCUT2D eigenvalue weighted by Gasteiger charge is 2.30. The average molecular weight is 161 g/mol. The lowest BCUT2D eigenvalue weighted by atomic mass is 10.2. The van der Waals surface area contributed by atoms with E-state index in [1.807, 2.05) is 0 Å². The molecule has 0 aromatic rings. The highest BCUT2D eigenvalue weighted by atomic mass is 19.1. The second-order valence-electron chi connectivity index (χ2n) is 3.03. The Morgan fingerprint density at radius 2 is 2.36 bits per heavy atom. The largest absolute Gasteiger partial charge is 0.383 e. The van der Waals surface area contributed by atoms with Gasteiger partial charge in [-0.25, -0.2) is 4.39 Å². The summed E-state index contributed by atoms with van der Waals surface area (Å²) in [6, 6.07) is 0.306. The molecule has 0 aliphatic carbocycles. The molecular weight excluding hydrogens is 145 g/mol. The maximum Gasteiger partial charge on any atom is 0.114 e. The van der Waals surface area contributed by atoms with Crippen molar-refractivity contribution in [2.24, 2.45) is 0 Å². The van der Waals surface area contributed by atoms with E-state index >= 15 is 0 Å². The summed E-state index contributed by atoms with van der Waals surface area (Å²) in [5.41, 5.74) is 0. The number of likely N-dealkylation sites (tertiary alicyclic amines) is 1. The van der Waals surface area contributed by atoms with Gasteiger partial charge in [0.1, 0.15) is 6.17 Å². The Balaban J connectivity index is 2.37. The molecule has 66 valence electrons. The first kappa shape index (κ1) is 8.94. The van der Waals surface area contributed by atoms with Gasteiger partial charge in [-0.05, 0) is 13.0 Å². The molecule has 1 rings (SSSR count). The molecule has 2 atom stereocenters. The molecule has 1 aliphatic heterocycles. The van der Waals surface area contributed by atoms with E-state index in [1.54, 1.807) is 7.11 Å². The van der Waals surface area contributed by atoms with Crippen LogP contribution in [0.15, 0.2) is 0 Å². The van der Waals surface area contributed by atoms with Gasteiger partial charge in [-0.2, -0.15) is 0 Å². The minimum absolute atomic E-state index is 0.306. The standard InChI is InChI=1S/C8H16FNO/c1-3-10-5-7(9)4-8(10)6-11-2/h7-8H,3-6H2,1-2H3/t7-,8-/m0/s1. The third kappa shape index (κ3) is 2.14. The number of hydrogen-bond acceptors (Lipinski definition) is 2. The zero-order valence-electron chi connectivity index (χ0n) is 7.22. The summed E-state index contributed by atoms with van der Waals surface area (Å²) < 4.78 is 17.8. The Hall–Kier alpha value is -0.150. The van der Waals surface area contributed by atoms with Crippen molar-refractivity contribution in [3.8, 4) is 0 Å². The fourth-order valence-corrected chi connectivity index (χ4v) is 1.68. The summed E-state index contributed by atoms with van der Waals surface area (Å²) in [6.45, 7) is 4.23. The smallest absolute Gasteiger partial charge is 0.114 e. The van der Waals surface area contributed by atoms with Gasteiger partial charge in [-0.3, -0.25) is 4.90 Å². The molecule has 0 unspecified atom stereocenters. The van der Waals surface area contributed by atoms with E-state index in [2.05, 4.69) is 11.8 Å². The van der Waals surface area contributed by atoms with Crippen LogP contribution in [0.2, 0.25) is 0 Å². The second kappa shape index (κ2) is 4.02. The van der Waals surface area contributed by atoms with Crippen LogP contribution in [0.4, 0.5) is 4.39 Å². The normalized spacial score (nSPS) is 33.0. The Morgan fingerprint density at radius 3 is 2.91 bits per heavy atom. The molecule has 1 aliphatic rings. The molecule has 1 heterocycles. The molecule has 0 amide bonds. The number of nitrogens with zero attached hydrogens (tertiary/aromatic N) is 1. The van der Waals surface area contributed by atoms with Gasteiger partial charge < -0.3 is 4.74 Å². The molecule has 0 radical (unpaired) electrons. The molecule has 0 bridgehead atoms. The van der Waals surface area contributed by atoms with Gasteiger partial charge in [0.2, 0.25) is 0 Å². The predicted octanol–water partition coefficient (Wildman–Crippen LogP) is 1.07. The summed E-state index contributed by atoms with van der Waals surface area (Å²) in [6.07, 6.45) is -0.00287. The lowest BCUT2D eigenvalue weighted by Crippen LogP contribution is -2.32. The molecule has 0 aromatic carbocycles. The number of likely N-dealkylation sites (N-methyl/N-ethyl adjacent to an activating group) is 1. The molecule has 2 nitrogen and oxygen atoms in total. The maximum atomic E-state index is 12.8. The van der Waals surface area contributed by atoms with Crippen molar-refractivity contribution in [3.63, 3.8) is 0 Å². The molecule has 3 heteroatoms. The van der Waals surface area contributed by atoms with Crippen LogP contribution in [0, 0.1) is 0 Å². The van der Waals surface area contributed by atoms with Crippen molar-refractivity contribution in [2.75, 3.05) is 26.8 Å². The summed E-state index contributed by atoms with van der Waals surface area (Å²) in [5.74, 6) is 0. The number of methoxy groups -OCH3 is 1. The first-order valence-electron chi connectivity index (χ1n) is 4.15. The summed E-state index contributed by atoms with van der Waals surface area (Å²) >= 11 is 0. The Morgan fingerprint density at radius 1 is 1.64 bits per heavy atom. The molecule has 0 N–H and O–H groups in total. The Kier molecular flexibility index (Phi) is 3.27. The average Bonchev–Trinajstić information content (AvgIpc) is 2.32. The van der Waals surface area contributed by atoms with Crippen LogP contribution in [0.3, 0.4) is 0 Å². The van der Waals surface area contributed by atoms with Crippen LogP contribution in [-0.4, -0.2) is 43.9 Å². The highest BCUT2D eigenvalue weighted by Crippen LogP contribution is 2.19. The van der Waals surface area contributed by atoms with Crippen LogP contribution in [0.25, 0.3) is 0 Å². The van der Waals surface area contributed by atoms with E-state index in [-0.39, 0.29) is 0 Å². The van der Waals surface area contributed by atoms with Gasteiger partial charge in [0.25, 0.3) is 0 Å². The van der Waals surface area contributed by atoms with Gasteiger partial charge >= 0.3 is 0 Å². The maximum absolute atomic E-state index is 12.8. The van der Waals surface area contributed by atoms with Crippen molar-refractivity contribution in [1.82, 2.24) is 4.90 Å². The van der Waals surface area contributed by atoms with E-state index < -0.39 is 6.17 Å². The van der Waals surface area contributed by atoms with Crippen LogP contribution < -0.4 is 0 Å². The van der Waals surface area contributed by atoms with Crippen LogP contribution in [0.5, 0.6) is 0 Å². The van der Waals surface area contributed by atoms with Gasteiger partial charge in [-0.15, -0.1) is 0 Å². The van der Waals surface area contributed by atoms with E-state index in [0.29, 0.717) is 25.6 Å². The van der Waals surface area contributed by atoms with E-state index in [4.69, 9.17) is 4.74 Å². The summed E-state index contributed by atoms with van der Waals surface area (Å²) in [4.78, 5) is 2.13. The highest BCUT2D eigenvalue weighted by molar-refractivity contribution is 4.84. The lowest BCUT2D eigenvalue weighted by molar-refractivity contribution is 0.119. The van der Waals surface area contributed by atoms with Gasteiger partial charge in [-0.1, -0.05) is 6.92 Å². The zero-order valence-corrected chi connectivity index (χ0v) is 7.22. The van der Waals surface area contributed by atoms with E-state index in [0.717, 1.165) is 6.54 Å². The number of rotatable bonds is 3. The first-order valence-corrected chi connectivity index (χ1v) is 4.15. The third-order valence-electron chi connectivity index (χ3n) is 2.24. The molecule has 1 fully saturated rings. The number of hydrogen-bond donors (Lipinski definition) is 0. The lowest BCUT2D eigenvalue weighted by Gasteiger charge is -2.20. The fourth-order valence-electron chi connectivity index (χ4n) is 1.68. The quantitative estimate of drug-likeness (QED) is 0.613. The molecule has 0 saturated carbocycles. The number of alkyl halides is 1. The van der Waals surface area contributed by atoms with E-state index in [1.165, 1.54) is 0 Å². The minimum Gasteiger partial charge on any atom is -0.383 e. The van der Waals surface area contributed by atoms with Crippen molar-refractivity contribution in [3.05, 3.63) is 0 Å². The van der Waals surface area contributed by atoms with Gasteiger partial charge in [0.15, 0.2) is 0 Å². The zero-order chi connectivity index (χ0) is 8.27. The number of ether oxygens (including phenoxy) is 1. The topological polar surface area (TPSA) is 12.5 Å². The predicted molar refractivity (Wildman–Crippen MR) is 42.4 cm³/mol.